The summed E-state index contributed by atoms with van der Waals surface area (Å²) < 4.78 is 19.3. The molecule has 130 valence electrons. The molecule has 0 bridgehead atoms. The van der Waals surface area contributed by atoms with Crippen LogP contribution in [0.1, 0.15) is 22.8 Å². The zero-order valence-electron chi connectivity index (χ0n) is 13.6. The average Bonchev–Trinajstić information content (AvgIpc) is 2.54. The molecule has 0 saturated heterocycles. The summed E-state index contributed by atoms with van der Waals surface area (Å²) in [5.74, 6) is -0.808. The standard InChI is InChI=1S/C18H17ClFN3O2/c1-18(10-25-9-16(21)23-18)11-3-2-4-13(7-11)22-17(24)14-6-5-12(19)8-15(14)20/h2-8H,9-10H2,1H3,(H2,21,23)(H,22,24). The van der Waals surface area contributed by atoms with Gasteiger partial charge in [-0.25, -0.2) is 4.39 Å². The van der Waals surface area contributed by atoms with Crippen LogP contribution in [0.15, 0.2) is 47.5 Å². The van der Waals surface area contributed by atoms with Crippen molar-refractivity contribution in [3.63, 3.8) is 0 Å². The monoisotopic (exact) mass is 361 g/mol. The summed E-state index contributed by atoms with van der Waals surface area (Å²) in [7, 11) is 0. The Hall–Kier alpha value is -2.44. The predicted molar refractivity (Wildman–Crippen MR) is 95.6 cm³/mol. The zero-order valence-corrected chi connectivity index (χ0v) is 14.3. The molecule has 1 amide bonds. The molecule has 3 rings (SSSR count). The number of carbonyl (C=O) groups excluding carboxylic acids is 1. The molecule has 25 heavy (non-hydrogen) atoms. The van der Waals surface area contributed by atoms with Gasteiger partial charge >= 0.3 is 0 Å². The number of hydrogen-bond donors (Lipinski definition) is 2. The minimum absolute atomic E-state index is 0.0794. The molecule has 0 radical (unpaired) electrons. The molecule has 2 aromatic carbocycles. The molecule has 1 aliphatic rings. The lowest BCUT2D eigenvalue weighted by atomic mass is 9.92. The maximum atomic E-state index is 13.9. The SMILES string of the molecule is CC1(c2cccc(NC(=O)c3ccc(Cl)cc3F)c2)COCC(N)=N1. The molecule has 3 N–H and O–H groups in total. The molecule has 2 aromatic rings. The van der Waals surface area contributed by atoms with Crippen LogP contribution in [0.2, 0.25) is 5.02 Å². The molecule has 1 unspecified atom stereocenters. The summed E-state index contributed by atoms with van der Waals surface area (Å²) in [5.41, 5.74) is 6.43. The van der Waals surface area contributed by atoms with Crippen LogP contribution in [0, 0.1) is 5.82 Å². The number of amides is 1. The van der Waals surface area contributed by atoms with Crippen LogP contribution in [-0.2, 0) is 10.3 Å². The summed E-state index contributed by atoms with van der Waals surface area (Å²) in [4.78, 5) is 16.8. The Labute approximate surface area is 149 Å². The lowest BCUT2D eigenvalue weighted by Crippen LogP contribution is -2.37. The highest BCUT2D eigenvalue weighted by atomic mass is 35.5. The van der Waals surface area contributed by atoms with Gasteiger partial charge in [0, 0.05) is 10.7 Å². The topological polar surface area (TPSA) is 76.7 Å². The lowest BCUT2D eigenvalue weighted by molar-refractivity contribution is 0.102. The van der Waals surface area contributed by atoms with E-state index in [0.717, 1.165) is 11.6 Å². The average molecular weight is 362 g/mol. The second-order valence-electron chi connectivity index (χ2n) is 6.03. The number of anilines is 1. The Kier molecular flexibility index (Phi) is 4.74. The van der Waals surface area contributed by atoms with Crippen molar-refractivity contribution in [2.24, 2.45) is 10.7 Å². The van der Waals surface area contributed by atoms with Crippen LogP contribution < -0.4 is 11.1 Å². The Bertz CT molecular complexity index is 856. The minimum atomic E-state index is -0.675. The number of aliphatic imine (C=N–C) groups is 1. The molecule has 1 heterocycles. The first-order valence-electron chi connectivity index (χ1n) is 7.66. The smallest absolute Gasteiger partial charge is 0.258 e. The van der Waals surface area contributed by atoms with Crippen LogP contribution in [0.5, 0.6) is 0 Å². The van der Waals surface area contributed by atoms with Gasteiger partial charge in [0.05, 0.1) is 12.2 Å². The van der Waals surface area contributed by atoms with E-state index in [4.69, 9.17) is 22.1 Å². The quantitative estimate of drug-likeness (QED) is 0.880. The molecule has 0 spiro atoms. The summed E-state index contributed by atoms with van der Waals surface area (Å²) in [5, 5.41) is 2.92. The first kappa shape index (κ1) is 17.4. The highest BCUT2D eigenvalue weighted by Gasteiger charge is 2.30. The fourth-order valence-corrected chi connectivity index (χ4v) is 2.85. The number of carbonyl (C=O) groups is 1. The van der Waals surface area contributed by atoms with E-state index in [2.05, 4.69) is 10.3 Å². The van der Waals surface area contributed by atoms with Crippen molar-refractivity contribution in [2.45, 2.75) is 12.5 Å². The number of benzene rings is 2. The number of amidine groups is 1. The number of hydrogen-bond acceptors (Lipinski definition) is 4. The van der Waals surface area contributed by atoms with Gasteiger partial charge in [-0.3, -0.25) is 9.79 Å². The van der Waals surface area contributed by atoms with Crippen molar-refractivity contribution in [1.82, 2.24) is 0 Å². The van der Waals surface area contributed by atoms with Gasteiger partial charge in [0.15, 0.2) is 0 Å². The summed E-state index contributed by atoms with van der Waals surface area (Å²) in [6, 6.07) is 11.1. The number of nitrogens with two attached hydrogens (primary N) is 1. The van der Waals surface area contributed by atoms with Gasteiger partial charge in [-0.15, -0.1) is 0 Å². The normalized spacial score (nSPS) is 20.0. The van der Waals surface area contributed by atoms with E-state index in [1.54, 1.807) is 18.2 Å². The maximum Gasteiger partial charge on any atom is 0.258 e. The number of halogens is 2. The van der Waals surface area contributed by atoms with Crippen LogP contribution in [0.4, 0.5) is 10.1 Å². The van der Waals surface area contributed by atoms with Crippen molar-refractivity contribution in [1.29, 1.82) is 0 Å². The van der Waals surface area contributed by atoms with Gasteiger partial charge in [0.2, 0.25) is 0 Å². The third kappa shape index (κ3) is 3.81. The Morgan fingerprint density at radius 3 is 2.88 bits per heavy atom. The molecular formula is C18H17ClFN3O2. The Morgan fingerprint density at radius 1 is 1.36 bits per heavy atom. The summed E-state index contributed by atoms with van der Waals surface area (Å²) in [6.07, 6.45) is 0. The Balaban J connectivity index is 1.85. The third-order valence-electron chi connectivity index (χ3n) is 3.94. The number of rotatable bonds is 3. The molecule has 0 aliphatic carbocycles. The zero-order chi connectivity index (χ0) is 18.0. The highest BCUT2D eigenvalue weighted by Crippen LogP contribution is 2.30. The summed E-state index contributed by atoms with van der Waals surface area (Å²) >= 11 is 5.71. The van der Waals surface area contributed by atoms with E-state index in [1.165, 1.54) is 12.1 Å². The van der Waals surface area contributed by atoms with Crippen molar-refractivity contribution in [3.8, 4) is 0 Å². The van der Waals surface area contributed by atoms with Gasteiger partial charge in [-0.2, -0.15) is 0 Å². The van der Waals surface area contributed by atoms with Crippen LogP contribution in [0.3, 0.4) is 0 Å². The van der Waals surface area contributed by atoms with Gasteiger partial charge in [0.25, 0.3) is 5.91 Å². The van der Waals surface area contributed by atoms with Crippen LogP contribution >= 0.6 is 11.6 Å². The maximum absolute atomic E-state index is 13.9. The molecule has 7 heteroatoms. The van der Waals surface area contributed by atoms with Crippen molar-refractivity contribution in [2.75, 3.05) is 18.5 Å². The van der Waals surface area contributed by atoms with Gasteiger partial charge < -0.3 is 15.8 Å². The van der Waals surface area contributed by atoms with E-state index in [9.17, 15) is 9.18 Å². The van der Waals surface area contributed by atoms with Crippen molar-refractivity contribution >= 4 is 29.0 Å². The van der Waals surface area contributed by atoms with E-state index >= 15 is 0 Å². The van der Waals surface area contributed by atoms with E-state index in [1.807, 2.05) is 13.0 Å². The molecule has 0 aromatic heterocycles. The van der Waals surface area contributed by atoms with E-state index in [0.29, 0.717) is 24.7 Å². The first-order valence-corrected chi connectivity index (χ1v) is 8.04. The molecule has 0 fully saturated rings. The molecule has 1 atom stereocenters. The minimum Gasteiger partial charge on any atom is -0.386 e. The van der Waals surface area contributed by atoms with Gasteiger partial charge in [-0.1, -0.05) is 23.7 Å². The van der Waals surface area contributed by atoms with E-state index < -0.39 is 17.3 Å². The highest BCUT2D eigenvalue weighted by molar-refractivity contribution is 6.30. The molecule has 1 aliphatic heterocycles. The summed E-state index contributed by atoms with van der Waals surface area (Å²) in [6.45, 7) is 2.59. The third-order valence-corrected chi connectivity index (χ3v) is 4.18. The number of nitrogens with zero attached hydrogens (tertiary/aromatic N) is 1. The molecular weight excluding hydrogens is 345 g/mol. The number of ether oxygens (including phenoxy) is 1. The fourth-order valence-electron chi connectivity index (χ4n) is 2.69. The fraction of sp³-hybridized carbons (Fsp3) is 0.222. The van der Waals surface area contributed by atoms with Gasteiger partial charge in [-0.05, 0) is 42.8 Å². The molecule has 5 nitrogen and oxygen atoms in total. The predicted octanol–water partition coefficient (Wildman–Crippen LogP) is 3.33. The first-order chi connectivity index (χ1) is 11.9. The van der Waals surface area contributed by atoms with Crippen molar-refractivity contribution in [3.05, 3.63) is 64.4 Å². The van der Waals surface area contributed by atoms with Crippen molar-refractivity contribution < 1.29 is 13.9 Å². The van der Waals surface area contributed by atoms with Gasteiger partial charge in [0.1, 0.15) is 23.8 Å². The largest absolute Gasteiger partial charge is 0.386 e. The second kappa shape index (κ2) is 6.82. The second-order valence-corrected chi connectivity index (χ2v) is 6.47. The van der Waals surface area contributed by atoms with Crippen LogP contribution in [-0.4, -0.2) is 25.0 Å². The number of nitrogens with one attached hydrogen (secondary N) is 1. The van der Waals surface area contributed by atoms with E-state index in [-0.39, 0.29) is 10.6 Å². The lowest BCUT2D eigenvalue weighted by Gasteiger charge is -2.30. The Morgan fingerprint density at radius 2 is 2.16 bits per heavy atom. The molecule has 0 saturated carbocycles. The van der Waals surface area contributed by atoms with Crippen LogP contribution in [0.25, 0.3) is 0 Å².